The van der Waals surface area contributed by atoms with Gasteiger partial charge in [-0.1, -0.05) is 64.0 Å². The van der Waals surface area contributed by atoms with Gasteiger partial charge in [-0.05, 0) is 30.3 Å². The molecule has 0 aromatic carbocycles. The molecule has 0 amide bonds. The van der Waals surface area contributed by atoms with Gasteiger partial charge in [0.15, 0.2) is 0 Å². The predicted molar refractivity (Wildman–Crippen MR) is 68.9 cm³/mol. The van der Waals surface area contributed by atoms with Crippen molar-refractivity contribution in [3.8, 4) is 0 Å². The van der Waals surface area contributed by atoms with Crippen molar-refractivity contribution in [2.75, 3.05) is 0 Å². The summed E-state index contributed by atoms with van der Waals surface area (Å²) in [6, 6.07) is 0. The fourth-order valence-corrected chi connectivity index (χ4v) is 2.20. The Morgan fingerprint density at radius 2 is 2.00 bits per heavy atom. The maximum atomic E-state index is 2.41. The monoisotopic (exact) mass is 204 g/mol. The molecule has 0 N–H and O–H groups in total. The van der Waals surface area contributed by atoms with E-state index in [1.165, 1.54) is 30.4 Å². The third kappa shape index (κ3) is 3.37. The van der Waals surface area contributed by atoms with E-state index in [-0.39, 0.29) is 0 Å². The van der Waals surface area contributed by atoms with Gasteiger partial charge in [0, 0.05) is 0 Å². The van der Waals surface area contributed by atoms with Gasteiger partial charge in [0.1, 0.15) is 0 Å². The average molecular weight is 204 g/mol. The van der Waals surface area contributed by atoms with E-state index in [4.69, 9.17) is 0 Å². The molecule has 15 heavy (non-hydrogen) atoms. The highest BCUT2D eigenvalue weighted by atomic mass is 14.2. The summed E-state index contributed by atoms with van der Waals surface area (Å²) in [5.74, 6) is 0. The minimum absolute atomic E-state index is 0.336. The van der Waals surface area contributed by atoms with Gasteiger partial charge in [-0.3, -0.25) is 0 Å². The molecule has 0 aromatic heterocycles. The SMILES string of the molecule is CCCC(C)(C)C1=CCC(CC)=CC=C1. The van der Waals surface area contributed by atoms with Gasteiger partial charge in [0.05, 0.1) is 0 Å². The molecule has 0 bridgehead atoms. The molecule has 0 saturated heterocycles. The van der Waals surface area contributed by atoms with E-state index in [1.54, 1.807) is 0 Å². The van der Waals surface area contributed by atoms with E-state index in [2.05, 4.69) is 52.0 Å². The fraction of sp³-hybridized carbons (Fsp3) is 0.600. The Labute approximate surface area is 94.8 Å². The minimum atomic E-state index is 0.336. The Bertz CT molecular complexity index is 287. The van der Waals surface area contributed by atoms with Crippen LogP contribution in [0.15, 0.2) is 35.5 Å². The van der Waals surface area contributed by atoms with Gasteiger partial charge >= 0.3 is 0 Å². The summed E-state index contributed by atoms with van der Waals surface area (Å²) in [7, 11) is 0. The largest absolute Gasteiger partial charge is 0.0767 e. The summed E-state index contributed by atoms with van der Waals surface area (Å²) < 4.78 is 0. The molecule has 0 aromatic rings. The topological polar surface area (TPSA) is 0 Å². The zero-order valence-corrected chi connectivity index (χ0v) is 10.6. The summed E-state index contributed by atoms with van der Waals surface area (Å²) in [6.45, 7) is 9.20. The smallest absolute Gasteiger partial charge is 0.0107 e. The van der Waals surface area contributed by atoms with Crippen LogP contribution < -0.4 is 0 Å². The van der Waals surface area contributed by atoms with Gasteiger partial charge in [-0.2, -0.15) is 0 Å². The second-order valence-corrected chi connectivity index (χ2v) is 5.04. The molecular formula is C15H24. The lowest BCUT2D eigenvalue weighted by molar-refractivity contribution is 0.411. The van der Waals surface area contributed by atoms with Crippen molar-refractivity contribution in [1.29, 1.82) is 0 Å². The lowest BCUT2D eigenvalue weighted by Gasteiger charge is -2.25. The van der Waals surface area contributed by atoms with E-state index in [0.29, 0.717) is 5.41 Å². The molecule has 0 saturated carbocycles. The van der Waals surface area contributed by atoms with E-state index < -0.39 is 0 Å². The first-order valence-corrected chi connectivity index (χ1v) is 6.17. The Balaban J connectivity index is 2.78. The van der Waals surface area contributed by atoms with Gasteiger partial charge in [0.25, 0.3) is 0 Å². The van der Waals surface area contributed by atoms with Crippen LogP contribution >= 0.6 is 0 Å². The second-order valence-electron chi connectivity index (χ2n) is 5.04. The third-order valence-electron chi connectivity index (χ3n) is 3.30. The van der Waals surface area contributed by atoms with Gasteiger partial charge < -0.3 is 0 Å². The Hall–Kier alpha value is -0.780. The number of hydrogen-bond donors (Lipinski definition) is 0. The standard InChI is InChI=1S/C15H24/c1-5-12-15(3,4)14-9-7-8-13(6-2)10-11-14/h7-9,11H,5-6,10,12H2,1-4H3. The van der Waals surface area contributed by atoms with Crippen molar-refractivity contribution < 1.29 is 0 Å². The van der Waals surface area contributed by atoms with Crippen LogP contribution in [-0.4, -0.2) is 0 Å². The summed E-state index contributed by atoms with van der Waals surface area (Å²) in [6.07, 6.45) is 14.0. The molecule has 0 atom stereocenters. The van der Waals surface area contributed by atoms with Crippen molar-refractivity contribution in [1.82, 2.24) is 0 Å². The van der Waals surface area contributed by atoms with Crippen molar-refractivity contribution in [2.45, 2.75) is 53.4 Å². The minimum Gasteiger partial charge on any atom is -0.0767 e. The Kier molecular flexibility index (Phi) is 4.38. The zero-order valence-electron chi connectivity index (χ0n) is 10.6. The van der Waals surface area contributed by atoms with Crippen LogP contribution in [0.3, 0.4) is 0 Å². The van der Waals surface area contributed by atoms with Crippen LogP contribution in [0.1, 0.15) is 53.4 Å². The maximum absolute atomic E-state index is 2.41. The van der Waals surface area contributed by atoms with Gasteiger partial charge in [-0.15, -0.1) is 0 Å². The molecule has 0 heteroatoms. The zero-order chi connectivity index (χ0) is 11.3. The summed E-state index contributed by atoms with van der Waals surface area (Å²) >= 11 is 0. The lowest BCUT2D eigenvalue weighted by atomic mass is 9.79. The highest BCUT2D eigenvalue weighted by Gasteiger charge is 2.20. The number of allylic oxidation sites excluding steroid dienone is 6. The summed E-state index contributed by atoms with van der Waals surface area (Å²) in [5.41, 5.74) is 3.38. The van der Waals surface area contributed by atoms with Crippen LogP contribution in [0.2, 0.25) is 0 Å². The van der Waals surface area contributed by atoms with Crippen LogP contribution in [0.25, 0.3) is 0 Å². The molecule has 1 aliphatic rings. The van der Waals surface area contributed by atoms with Crippen LogP contribution in [0.5, 0.6) is 0 Å². The van der Waals surface area contributed by atoms with Crippen molar-refractivity contribution >= 4 is 0 Å². The molecule has 0 nitrogen and oxygen atoms in total. The van der Waals surface area contributed by atoms with Crippen molar-refractivity contribution in [3.05, 3.63) is 35.5 Å². The first kappa shape index (κ1) is 12.3. The highest BCUT2D eigenvalue weighted by molar-refractivity contribution is 5.33. The molecule has 0 spiro atoms. The van der Waals surface area contributed by atoms with E-state index in [9.17, 15) is 0 Å². The number of rotatable bonds is 4. The van der Waals surface area contributed by atoms with Crippen LogP contribution in [0, 0.1) is 5.41 Å². The van der Waals surface area contributed by atoms with E-state index in [0.717, 1.165) is 6.42 Å². The van der Waals surface area contributed by atoms with Gasteiger partial charge in [0.2, 0.25) is 0 Å². The second kappa shape index (κ2) is 5.34. The molecule has 1 rings (SSSR count). The molecule has 1 aliphatic carbocycles. The Morgan fingerprint density at radius 3 is 2.60 bits per heavy atom. The highest BCUT2D eigenvalue weighted by Crippen LogP contribution is 2.34. The quantitative estimate of drug-likeness (QED) is 0.602. The van der Waals surface area contributed by atoms with Crippen LogP contribution in [0.4, 0.5) is 0 Å². The van der Waals surface area contributed by atoms with Crippen molar-refractivity contribution in [3.63, 3.8) is 0 Å². The number of hydrogen-bond acceptors (Lipinski definition) is 0. The Morgan fingerprint density at radius 1 is 1.27 bits per heavy atom. The molecule has 0 heterocycles. The predicted octanol–water partition coefficient (Wildman–Crippen LogP) is 5.04. The van der Waals surface area contributed by atoms with E-state index >= 15 is 0 Å². The molecule has 0 aliphatic heterocycles. The first-order valence-electron chi connectivity index (χ1n) is 6.17. The average Bonchev–Trinajstić information content (AvgIpc) is 2.42. The molecule has 0 unspecified atom stereocenters. The third-order valence-corrected chi connectivity index (χ3v) is 3.30. The fourth-order valence-electron chi connectivity index (χ4n) is 2.20. The van der Waals surface area contributed by atoms with Crippen molar-refractivity contribution in [2.24, 2.45) is 5.41 Å². The van der Waals surface area contributed by atoms with E-state index in [1.807, 2.05) is 0 Å². The van der Waals surface area contributed by atoms with Gasteiger partial charge in [-0.25, -0.2) is 0 Å². The molecule has 84 valence electrons. The maximum Gasteiger partial charge on any atom is -0.0107 e. The lowest BCUT2D eigenvalue weighted by Crippen LogP contribution is -2.13. The first-order chi connectivity index (χ1) is 7.10. The molecule has 0 fully saturated rings. The van der Waals surface area contributed by atoms with Crippen LogP contribution in [-0.2, 0) is 0 Å². The molecular weight excluding hydrogens is 180 g/mol. The summed E-state index contributed by atoms with van der Waals surface area (Å²) in [5, 5.41) is 0. The normalized spacial score (nSPS) is 17.1. The summed E-state index contributed by atoms with van der Waals surface area (Å²) in [4.78, 5) is 0. The molecule has 0 radical (unpaired) electrons.